The summed E-state index contributed by atoms with van der Waals surface area (Å²) in [6, 6.07) is 0. The fourth-order valence-corrected chi connectivity index (χ4v) is 8.70. The third-order valence-corrected chi connectivity index (χ3v) is 9.85. The first-order chi connectivity index (χ1) is 12.4. The van der Waals surface area contributed by atoms with Crippen molar-refractivity contribution in [1.82, 2.24) is 0 Å². The van der Waals surface area contributed by atoms with E-state index >= 15 is 0 Å². The van der Waals surface area contributed by atoms with Crippen molar-refractivity contribution >= 4 is 0 Å². The van der Waals surface area contributed by atoms with E-state index in [1.807, 2.05) is 0 Å². The van der Waals surface area contributed by atoms with E-state index in [-0.39, 0.29) is 0 Å². The fourth-order valence-electron chi connectivity index (χ4n) is 8.70. The van der Waals surface area contributed by atoms with Gasteiger partial charge in [-0.25, -0.2) is 0 Å². The maximum atomic E-state index is 1.63. The Bertz CT molecular complexity index is 433. The van der Waals surface area contributed by atoms with Gasteiger partial charge >= 0.3 is 0 Å². The summed E-state index contributed by atoms with van der Waals surface area (Å²) < 4.78 is 0. The molecule has 0 bridgehead atoms. The van der Waals surface area contributed by atoms with Gasteiger partial charge in [-0.3, -0.25) is 0 Å². The number of hydrogen-bond donors (Lipinski definition) is 0. The molecule has 5 aliphatic carbocycles. The highest BCUT2D eigenvalue weighted by molar-refractivity contribution is 5.09. The van der Waals surface area contributed by atoms with Gasteiger partial charge in [0.25, 0.3) is 0 Å². The van der Waals surface area contributed by atoms with Crippen LogP contribution in [0.25, 0.3) is 0 Å². The summed E-state index contributed by atoms with van der Waals surface area (Å²) in [7, 11) is 0. The molecule has 5 saturated carbocycles. The van der Waals surface area contributed by atoms with Gasteiger partial charge in [0.05, 0.1) is 0 Å². The van der Waals surface area contributed by atoms with Crippen molar-refractivity contribution in [2.24, 2.45) is 40.9 Å². The Morgan fingerprint density at radius 3 is 1.28 bits per heavy atom. The molecule has 0 aromatic rings. The first-order valence-electron chi connectivity index (χ1n) is 12.4. The predicted octanol–water partition coefficient (Wildman–Crippen LogP) is 7.76. The summed E-state index contributed by atoms with van der Waals surface area (Å²) >= 11 is 0. The van der Waals surface area contributed by atoms with Crippen LogP contribution >= 0.6 is 0 Å². The molecule has 5 aliphatic rings. The average Bonchev–Trinajstić information content (AvgIpc) is 3.32. The maximum absolute atomic E-state index is 1.63. The Hall–Kier alpha value is 0. The minimum Gasteiger partial charge on any atom is -0.0533 e. The van der Waals surface area contributed by atoms with E-state index in [0.29, 0.717) is 0 Å². The largest absolute Gasteiger partial charge is 0.0533 e. The van der Waals surface area contributed by atoms with Crippen LogP contribution in [0.15, 0.2) is 0 Å². The van der Waals surface area contributed by atoms with Crippen LogP contribution < -0.4 is 0 Å². The number of hydrogen-bond acceptors (Lipinski definition) is 0. The van der Waals surface area contributed by atoms with E-state index in [2.05, 4.69) is 0 Å². The van der Waals surface area contributed by atoms with Gasteiger partial charge in [-0.15, -0.1) is 0 Å². The maximum Gasteiger partial charge on any atom is -0.0179 e. The molecule has 0 heterocycles. The monoisotopic (exact) mass is 342 g/mol. The summed E-state index contributed by atoms with van der Waals surface area (Å²) in [6.07, 6.45) is 28.6. The smallest absolute Gasteiger partial charge is 0.0179 e. The summed E-state index contributed by atoms with van der Waals surface area (Å²) in [4.78, 5) is 0. The number of rotatable bonds is 4. The molecule has 25 heavy (non-hydrogen) atoms. The molecule has 0 radical (unpaired) electrons. The van der Waals surface area contributed by atoms with E-state index in [1.165, 1.54) is 6.42 Å². The van der Waals surface area contributed by atoms with Crippen LogP contribution in [-0.4, -0.2) is 0 Å². The molecule has 3 atom stereocenters. The van der Waals surface area contributed by atoms with E-state index in [0.717, 1.165) is 40.9 Å². The summed E-state index contributed by atoms with van der Waals surface area (Å²) in [5.74, 6) is 6.84. The second-order valence-electron chi connectivity index (χ2n) is 10.8. The van der Waals surface area contributed by atoms with Crippen molar-refractivity contribution in [3.63, 3.8) is 0 Å². The van der Waals surface area contributed by atoms with Crippen molar-refractivity contribution in [3.8, 4) is 0 Å². The molecule has 0 heteroatoms. The predicted molar refractivity (Wildman–Crippen MR) is 106 cm³/mol. The first-order valence-corrected chi connectivity index (χ1v) is 12.4. The molecule has 0 saturated heterocycles. The van der Waals surface area contributed by atoms with Crippen molar-refractivity contribution in [1.29, 1.82) is 0 Å². The van der Waals surface area contributed by atoms with Gasteiger partial charge in [0.2, 0.25) is 0 Å². The fraction of sp³-hybridized carbons (Fsp3) is 1.00. The molecule has 3 unspecified atom stereocenters. The topological polar surface area (TPSA) is 0 Å². The van der Waals surface area contributed by atoms with Gasteiger partial charge in [0.15, 0.2) is 0 Å². The van der Waals surface area contributed by atoms with Crippen LogP contribution in [0.3, 0.4) is 0 Å². The van der Waals surface area contributed by atoms with Crippen molar-refractivity contribution in [2.45, 2.75) is 116 Å². The molecule has 0 aromatic carbocycles. The third-order valence-electron chi connectivity index (χ3n) is 9.85. The SMILES string of the molecule is C1CCC(C2CCCCC(C3CC3)C2(C2CCCC2)C2CCC2)CC1. The molecule has 142 valence electrons. The lowest BCUT2D eigenvalue weighted by Crippen LogP contribution is -2.53. The highest BCUT2D eigenvalue weighted by Crippen LogP contribution is 2.68. The minimum atomic E-state index is 0.814. The van der Waals surface area contributed by atoms with E-state index in [4.69, 9.17) is 0 Å². The van der Waals surface area contributed by atoms with Gasteiger partial charge in [-0.2, -0.15) is 0 Å². The zero-order valence-corrected chi connectivity index (χ0v) is 16.7. The van der Waals surface area contributed by atoms with Crippen LogP contribution in [-0.2, 0) is 0 Å². The first kappa shape index (κ1) is 17.1. The lowest BCUT2D eigenvalue weighted by Gasteiger charge is -2.60. The normalized spacial score (nSPS) is 42.2. The van der Waals surface area contributed by atoms with Crippen LogP contribution in [0.4, 0.5) is 0 Å². The summed E-state index contributed by atoms with van der Waals surface area (Å²) in [5, 5.41) is 0. The lowest BCUT2D eigenvalue weighted by molar-refractivity contribution is -0.117. The molecule has 0 aliphatic heterocycles. The van der Waals surface area contributed by atoms with E-state index in [1.54, 1.807) is 109 Å². The highest BCUT2D eigenvalue weighted by Gasteiger charge is 2.60. The molecule has 0 spiro atoms. The van der Waals surface area contributed by atoms with Crippen molar-refractivity contribution in [3.05, 3.63) is 0 Å². The van der Waals surface area contributed by atoms with Crippen LogP contribution in [0.5, 0.6) is 0 Å². The van der Waals surface area contributed by atoms with Crippen LogP contribution in [0.2, 0.25) is 0 Å². The molecule has 0 aromatic heterocycles. The third kappa shape index (κ3) is 2.93. The van der Waals surface area contributed by atoms with Gasteiger partial charge in [0.1, 0.15) is 0 Å². The molecular formula is C25H42. The molecular weight excluding hydrogens is 300 g/mol. The second kappa shape index (κ2) is 7.20. The van der Waals surface area contributed by atoms with Crippen LogP contribution in [0, 0.1) is 40.9 Å². The quantitative estimate of drug-likeness (QED) is 0.458. The standard InChI is InChI=1S/C25H42/c1-2-9-19(10-3-1)23-15-6-7-16-24(20-17-18-20)25(23,22-13-8-14-22)21-11-4-5-12-21/h19-24H,1-18H2. The van der Waals surface area contributed by atoms with E-state index < -0.39 is 0 Å². The lowest BCUT2D eigenvalue weighted by atomic mass is 9.45. The average molecular weight is 343 g/mol. The zero-order chi connectivity index (χ0) is 16.7. The van der Waals surface area contributed by atoms with Gasteiger partial charge < -0.3 is 0 Å². The summed E-state index contributed by atoms with van der Waals surface area (Å²) in [6.45, 7) is 0. The van der Waals surface area contributed by atoms with E-state index in [9.17, 15) is 0 Å². The van der Waals surface area contributed by atoms with Crippen molar-refractivity contribution in [2.75, 3.05) is 0 Å². The molecule has 5 fully saturated rings. The Morgan fingerprint density at radius 2 is 0.800 bits per heavy atom. The van der Waals surface area contributed by atoms with Gasteiger partial charge in [0, 0.05) is 0 Å². The van der Waals surface area contributed by atoms with Gasteiger partial charge in [-0.05, 0) is 92.3 Å². The van der Waals surface area contributed by atoms with Gasteiger partial charge in [-0.1, -0.05) is 64.2 Å². The van der Waals surface area contributed by atoms with Crippen molar-refractivity contribution < 1.29 is 0 Å². The Kier molecular flexibility index (Phi) is 4.93. The zero-order valence-electron chi connectivity index (χ0n) is 16.7. The Morgan fingerprint density at radius 1 is 0.360 bits per heavy atom. The molecule has 0 amide bonds. The Balaban J connectivity index is 1.56. The minimum absolute atomic E-state index is 0.814. The van der Waals surface area contributed by atoms with Crippen LogP contribution in [0.1, 0.15) is 116 Å². The highest BCUT2D eigenvalue weighted by atomic mass is 14.6. The second-order valence-corrected chi connectivity index (χ2v) is 10.8. The molecule has 0 N–H and O–H groups in total. The Labute approximate surface area is 156 Å². The molecule has 5 rings (SSSR count). The summed E-state index contributed by atoms with van der Waals surface area (Å²) in [5.41, 5.74) is 0.814. The molecule has 0 nitrogen and oxygen atoms in total.